The summed E-state index contributed by atoms with van der Waals surface area (Å²) in [6, 6.07) is 9.11. The van der Waals surface area contributed by atoms with Crippen LogP contribution in [0.25, 0.3) is 27.9 Å². The number of aryl methyl sites for hydroxylation is 1. The van der Waals surface area contributed by atoms with E-state index in [1.165, 1.54) is 0 Å². The number of pyridine rings is 1. The summed E-state index contributed by atoms with van der Waals surface area (Å²) in [6.45, 7) is 8.37. The van der Waals surface area contributed by atoms with Crippen molar-refractivity contribution >= 4 is 22.5 Å². The van der Waals surface area contributed by atoms with E-state index in [9.17, 15) is 0 Å². The van der Waals surface area contributed by atoms with Gasteiger partial charge in [0.05, 0.1) is 11.4 Å². The van der Waals surface area contributed by atoms with Crippen LogP contribution in [0.2, 0.25) is 0 Å². The highest BCUT2D eigenvalue weighted by Gasteiger charge is 2.23. The standard InChI is InChI=1S/C20H23N7/c1-12-10-26(11-13(2)23-12)18-5-4-17-24-14(3)19(27(17)25-18)15-6-8-21-20-16(15)7-9-22-20/h4-9,12-13,23H,10-11H2,1-3H3,(H,21,22)/t12-,13+. The van der Waals surface area contributed by atoms with E-state index in [1.54, 1.807) is 0 Å². The van der Waals surface area contributed by atoms with Gasteiger partial charge in [-0.2, -0.15) is 0 Å². The van der Waals surface area contributed by atoms with Crippen LogP contribution < -0.4 is 10.2 Å². The van der Waals surface area contributed by atoms with Gasteiger partial charge < -0.3 is 15.2 Å². The number of nitrogens with one attached hydrogen (secondary N) is 2. The smallest absolute Gasteiger partial charge is 0.154 e. The van der Waals surface area contributed by atoms with Crippen molar-refractivity contribution < 1.29 is 0 Å². The molecule has 2 atom stereocenters. The highest BCUT2D eigenvalue weighted by molar-refractivity contribution is 5.93. The summed E-state index contributed by atoms with van der Waals surface area (Å²) in [5.41, 5.74) is 4.83. The van der Waals surface area contributed by atoms with Crippen LogP contribution in [0, 0.1) is 6.92 Å². The van der Waals surface area contributed by atoms with Crippen LogP contribution >= 0.6 is 0 Å². The number of hydrogen-bond donors (Lipinski definition) is 2. The van der Waals surface area contributed by atoms with Crippen molar-refractivity contribution in [2.45, 2.75) is 32.9 Å². The Hall–Kier alpha value is -2.93. The summed E-state index contributed by atoms with van der Waals surface area (Å²) in [4.78, 5) is 14.7. The Morgan fingerprint density at radius 3 is 2.70 bits per heavy atom. The largest absolute Gasteiger partial charge is 0.352 e. The third kappa shape index (κ3) is 2.66. The molecule has 27 heavy (non-hydrogen) atoms. The third-order valence-electron chi connectivity index (χ3n) is 5.23. The zero-order valence-electron chi connectivity index (χ0n) is 15.8. The number of hydrogen-bond acceptors (Lipinski definition) is 5. The maximum atomic E-state index is 4.98. The molecule has 7 heteroatoms. The van der Waals surface area contributed by atoms with E-state index in [0.717, 1.165) is 52.5 Å². The predicted octanol–water partition coefficient (Wildman–Crippen LogP) is 2.77. The first-order valence-corrected chi connectivity index (χ1v) is 9.40. The Bertz CT molecular complexity index is 1120. The number of anilines is 1. The predicted molar refractivity (Wildman–Crippen MR) is 107 cm³/mol. The van der Waals surface area contributed by atoms with Crippen LogP contribution in [0.1, 0.15) is 19.5 Å². The van der Waals surface area contributed by atoms with Gasteiger partial charge in [0.2, 0.25) is 0 Å². The molecule has 0 radical (unpaired) electrons. The molecule has 1 saturated heterocycles. The SMILES string of the molecule is Cc1nc2ccc(N3C[C@@H](C)N[C@@H](C)C3)nn2c1-c1ccnc2[nH]ccc12. The molecular formula is C20H23N7. The van der Waals surface area contributed by atoms with E-state index in [-0.39, 0.29) is 0 Å². The first kappa shape index (κ1) is 16.3. The molecule has 138 valence electrons. The zero-order chi connectivity index (χ0) is 18.5. The van der Waals surface area contributed by atoms with E-state index in [4.69, 9.17) is 10.1 Å². The summed E-state index contributed by atoms with van der Waals surface area (Å²) in [5, 5.41) is 9.64. The molecule has 0 saturated carbocycles. The van der Waals surface area contributed by atoms with Gasteiger partial charge in [0, 0.05) is 48.5 Å². The molecule has 0 aromatic carbocycles. The molecule has 0 aliphatic carbocycles. The minimum absolute atomic E-state index is 0.440. The fraction of sp³-hybridized carbons (Fsp3) is 0.350. The van der Waals surface area contributed by atoms with Gasteiger partial charge in [-0.1, -0.05) is 0 Å². The second kappa shape index (κ2) is 6.06. The van der Waals surface area contributed by atoms with Crippen molar-refractivity contribution in [3.8, 4) is 11.3 Å². The summed E-state index contributed by atoms with van der Waals surface area (Å²) >= 11 is 0. The number of rotatable bonds is 2. The van der Waals surface area contributed by atoms with Crippen molar-refractivity contribution in [1.29, 1.82) is 0 Å². The van der Waals surface area contributed by atoms with Crippen molar-refractivity contribution in [3.63, 3.8) is 0 Å². The van der Waals surface area contributed by atoms with Crippen LogP contribution in [0.15, 0.2) is 36.7 Å². The van der Waals surface area contributed by atoms with Gasteiger partial charge in [0.15, 0.2) is 5.65 Å². The van der Waals surface area contributed by atoms with Gasteiger partial charge in [-0.15, -0.1) is 5.10 Å². The fourth-order valence-electron chi connectivity index (χ4n) is 4.19. The first-order valence-electron chi connectivity index (χ1n) is 9.40. The van der Waals surface area contributed by atoms with E-state index in [1.807, 2.05) is 29.9 Å². The number of piperazine rings is 1. The van der Waals surface area contributed by atoms with E-state index < -0.39 is 0 Å². The quantitative estimate of drug-likeness (QED) is 0.574. The minimum atomic E-state index is 0.440. The number of nitrogens with zero attached hydrogens (tertiary/aromatic N) is 5. The average Bonchev–Trinajstić information content (AvgIpc) is 3.23. The molecule has 0 amide bonds. The van der Waals surface area contributed by atoms with Gasteiger partial charge in [-0.3, -0.25) is 0 Å². The van der Waals surface area contributed by atoms with Crippen molar-refractivity contribution in [2.75, 3.05) is 18.0 Å². The highest BCUT2D eigenvalue weighted by atomic mass is 15.4. The lowest BCUT2D eigenvalue weighted by Gasteiger charge is -2.36. The minimum Gasteiger partial charge on any atom is -0.352 e. The van der Waals surface area contributed by atoms with Gasteiger partial charge >= 0.3 is 0 Å². The molecule has 1 aliphatic heterocycles. The lowest BCUT2D eigenvalue weighted by molar-refractivity contribution is 0.404. The highest BCUT2D eigenvalue weighted by Crippen LogP contribution is 2.30. The zero-order valence-corrected chi connectivity index (χ0v) is 15.8. The molecule has 4 aromatic rings. The molecule has 5 rings (SSSR count). The van der Waals surface area contributed by atoms with Crippen LogP contribution in [0.4, 0.5) is 5.82 Å². The lowest BCUT2D eigenvalue weighted by atomic mass is 10.1. The summed E-state index contributed by atoms with van der Waals surface area (Å²) in [6.07, 6.45) is 3.75. The Morgan fingerprint density at radius 1 is 1.07 bits per heavy atom. The average molecular weight is 361 g/mol. The fourth-order valence-corrected chi connectivity index (χ4v) is 4.19. The third-order valence-corrected chi connectivity index (χ3v) is 5.23. The van der Waals surface area contributed by atoms with Gasteiger partial charge in [-0.25, -0.2) is 14.5 Å². The van der Waals surface area contributed by atoms with E-state index in [2.05, 4.69) is 52.2 Å². The van der Waals surface area contributed by atoms with Gasteiger partial charge in [0.1, 0.15) is 11.5 Å². The summed E-state index contributed by atoms with van der Waals surface area (Å²) in [7, 11) is 0. The lowest BCUT2D eigenvalue weighted by Crippen LogP contribution is -2.54. The molecule has 0 spiro atoms. The van der Waals surface area contributed by atoms with Crippen molar-refractivity contribution in [1.82, 2.24) is 29.9 Å². The van der Waals surface area contributed by atoms with Crippen LogP contribution in [0.3, 0.4) is 0 Å². The molecule has 1 aliphatic rings. The Kier molecular flexibility index (Phi) is 3.65. The van der Waals surface area contributed by atoms with Crippen LogP contribution in [-0.2, 0) is 0 Å². The van der Waals surface area contributed by atoms with Gasteiger partial charge in [0.25, 0.3) is 0 Å². The second-order valence-electron chi connectivity index (χ2n) is 7.48. The number of aromatic nitrogens is 5. The number of aromatic amines is 1. The maximum absolute atomic E-state index is 4.98. The van der Waals surface area contributed by atoms with Crippen molar-refractivity contribution in [2.24, 2.45) is 0 Å². The molecule has 2 N–H and O–H groups in total. The molecule has 0 bridgehead atoms. The van der Waals surface area contributed by atoms with Crippen LogP contribution in [0.5, 0.6) is 0 Å². The topological polar surface area (TPSA) is 74.1 Å². The first-order chi connectivity index (χ1) is 13.1. The van der Waals surface area contributed by atoms with Crippen LogP contribution in [-0.4, -0.2) is 49.7 Å². The number of fused-ring (bicyclic) bond motifs is 2. The monoisotopic (exact) mass is 361 g/mol. The van der Waals surface area contributed by atoms with E-state index >= 15 is 0 Å². The second-order valence-corrected chi connectivity index (χ2v) is 7.48. The maximum Gasteiger partial charge on any atom is 0.154 e. The number of H-pyrrole nitrogens is 1. The summed E-state index contributed by atoms with van der Waals surface area (Å²) < 4.78 is 1.98. The van der Waals surface area contributed by atoms with Crippen molar-refractivity contribution in [3.05, 3.63) is 42.4 Å². The number of imidazole rings is 1. The van der Waals surface area contributed by atoms with Gasteiger partial charge in [-0.05, 0) is 45.0 Å². The van der Waals surface area contributed by atoms with E-state index in [0.29, 0.717) is 12.1 Å². The normalized spacial score (nSPS) is 20.6. The Balaban J connectivity index is 1.67. The Morgan fingerprint density at radius 2 is 1.89 bits per heavy atom. The molecule has 0 unspecified atom stereocenters. The molecule has 5 heterocycles. The molecular weight excluding hydrogens is 338 g/mol. The molecule has 1 fully saturated rings. The summed E-state index contributed by atoms with van der Waals surface area (Å²) in [5.74, 6) is 0.987. The molecule has 4 aromatic heterocycles. The molecule has 7 nitrogen and oxygen atoms in total. The Labute approximate surface area is 157 Å².